The van der Waals surface area contributed by atoms with Gasteiger partial charge in [-0.15, -0.1) is 0 Å². The van der Waals surface area contributed by atoms with Crippen LogP contribution >= 0.6 is 0 Å². The summed E-state index contributed by atoms with van der Waals surface area (Å²) in [5.41, 5.74) is 1.46. The van der Waals surface area contributed by atoms with Crippen molar-refractivity contribution in [3.05, 3.63) is 23.5 Å². The zero-order valence-corrected chi connectivity index (χ0v) is 16.3. The lowest BCUT2D eigenvalue weighted by molar-refractivity contribution is -0.0582. The van der Waals surface area contributed by atoms with Crippen LogP contribution in [0.25, 0.3) is 0 Å². The summed E-state index contributed by atoms with van der Waals surface area (Å²) in [5, 5.41) is 9.28. The van der Waals surface area contributed by atoms with Crippen molar-refractivity contribution in [3.8, 4) is 0 Å². The fourth-order valence-corrected chi connectivity index (χ4v) is 3.16. The van der Waals surface area contributed by atoms with Crippen molar-refractivity contribution in [1.29, 1.82) is 0 Å². The van der Waals surface area contributed by atoms with Gasteiger partial charge in [0.15, 0.2) is 5.69 Å². The molecule has 0 radical (unpaired) electrons. The van der Waals surface area contributed by atoms with E-state index in [1.54, 1.807) is 6.07 Å². The number of hydrogen-bond donors (Lipinski definition) is 1. The van der Waals surface area contributed by atoms with Gasteiger partial charge < -0.3 is 24.2 Å². The number of carboxylic acids is 1. The zero-order chi connectivity index (χ0) is 18.3. The molecule has 2 heterocycles. The van der Waals surface area contributed by atoms with Crippen molar-refractivity contribution in [2.24, 2.45) is 0 Å². The van der Waals surface area contributed by atoms with Gasteiger partial charge >= 0.3 is 5.97 Å². The lowest BCUT2D eigenvalue weighted by atomic mass is 10.2. The number of nitrogens with zero attached hydrogens (tertiary/aromatic N) is 2. The van der Waals surface area contributed by atoms with Crippen molar-refractivity contribution in [2.75, 3.05) is 44.6 Å². The van der Waals surface area contributed by atoms with Crippen molar-refractivity contribution >= 4 is 19.7 Å². The highest BCUT2D eigenvalue weighted by molar-refractivity contribution is 6.76. The standard InChI is InChI=1S/C17H28N2O5Si/c1-25(2,3)9-8-23-13-24-12-14-10-15(11-16(18-14)17(20)21)19-4-6-22-7-5-19/h10-11H,4-9,12-13H2,1-3H3,(H,20,21). The van der Waals surface area contributed by atoms with E-state index in [2.05, 4.69) is 29.5 Å². The Kier molecular flexibility index (Phi) is 7.36. The monoisotopic (exact) mass is 368 g/mol. The van der Waals surface area contributed by atoms with Crippen molar-refractivity contribution in [3.63, 3.8) is 0 Å². The first-order chi connectivity index (χ1) is 11.8. The number of carboxylic acid groups (broad SMARTS) is 1. The van der Waals surface area contributed by atoms with Crippen LogP contribution < -0.4 is 4.90 Å². The van der Waals surface area contributed by atoms with E-state index in [9.17, 15) is 9.90 Å². The number of rotatable bonds is 9. The lowest BCUT2D eigenvalue weighted by Gasteiger charge is -2.29. The Hall–Kier alpha value is -1.48. The molecule has 0 saturated carbocycles. The van der Waals surface area contributed by atoms with Crippen LogP contribution in [0.5, 0.6) is 0 Å². The zero-order valence-electron chi connectivity index (χ0n) is 15.3. The SMILES string of the molecule is C[Si](C)(C)CCOCOCc1cc(N2CCOCC2)cc(C(=O)O)n1. The molecule has 140 valence electrons. The second kappa shape index (κ2) is 9.28. The summed E-state index contributed by atoms with van der Waals surface area (Å²) in [6.07, 6.45) is 0. The number of morpholine rings is 1. The van der Waals surface area contributed by atoms with Crippen LogP contribution in [0, 0.1) is 0 Å². The first kappa shape index (κ1) is 19.8. The quantitative estimate of drug-likeness (QED) is 0.407. The molecular weight excluding hydrogens is 340 g/mol. The largest absolute Gasteiger partial charge is 0.477 e. The average molecular weight is 369 g/mol. The van der Waals surface area contributed by atoms with Gasteiger partial charge in [-0.05, 0) is 18.2 Å². The molecule has 25 heavy (non-hydrogen) atoms. The molecule has 0 atom stereocenters. The third-order valence-corrected chi connectivity index (χ3v) is 5.58. The molecule has 1 aliphatic heterocycles. The maximum atomic E-state index is 11.3. The molecule has 2 rings (SSSR count). The van der Waals surface area contributed by atoms with Gasteiger partial charge in [0.05, 0.1) is 25.5 Å². The van der Waals surface area contributed by atoms with Crippen LogP contribution in [0.3, 0.4) is 0 Å². The van der Waals surface area contributed by atoms with E-state index in [-0.39, 0.29) is 19.1 Å². The summed E-state index contributed by atoms with van der Waals surface area (Å²) in [6, 6.07) is 4.56. The van der Waals surface area contributed by atoms with Crippen LogP contribution in [0.4, 0.5) is 5.69 Å². The summed E-state index contributed by atoms with van der Waals surface area (Å²) in [7, 11) is -1.10. The Morgan fingerprint density at radius 1 is 1.28 bits per heavy atom. The summed E-state index contributed by atoms with van der Waals surface area (Å²) in [6.45, 7) is 10.8. The highest BCUT2D eigenvalue weighted by atomic mass is 28.3. The van der Waals surface area contributed by atoms with Crippen LogP contribution in [-0.4, -0.2) is 63.8 Å². The normalized spacial score (nSPS) is 15.4. The van der Waals surface area contributed by atoms with E-state index < -0.39 is 14.0 Å². The van der Waals surface area contributed by atoms with E-state index in [0.717, 1.165) is 24.8 Å². The maximum Gasteiger partial charge on any atom is 0.354 e. The summed E-state index contributed by atoms with van der Waals surface area (Å²) >= 11 is 0. The van der Waals surface area contributed by atoms with Crippen LogP contribution in [0.15, 0.2) is 12.1 Å². The molecule has 1 N–H and O–H groups in total. The van der Waals surface area contributed by atoms with Gasteiger partial charge in [0, 0.05) is 33.5 Å². The van der Waals surface area contributed by atoms with Crippen LogP contribution in [0.2, 0.25) is 25.7 Å². The van der Waals surface area contributed by atoms with Crippen molar-refractivity contribution in [2.45, 2.75) is 32.3 Å². The molecule has 1 saturated heterocycles. The molecule has 1 aliphatic rings. The number of carbonyl (C=O) groups is 1. The molecule has 0 amide bonds. The van der Waals surface area contributed by atoms with Gasteiger partial charge in [-0.1, -0.05) is 19.6 Å². The van der Waals surface area contributed by atoms with Crippen LogP contribution in [-0.2, 0) is 20.8 Å². The van der Waals surface area contributed by atoms with Crippen molar-refractivity contribution in [1.82, 2.24) is 4.98 Å². The molecule has 0 unspecified atom stereocenters. The lowest BCUT2D eigenvalue weighted by Crippen LogP contribution is -2.36. The molecule has 1 aromatic heterocycles. The smallest absolute Gasteiger partial charge is 0.354 e. The van der Waals surface area contributed by atoms with Gasteiger partial charge in [-0.25, -0.2) is 9.78 Å². The molecule has 0 aliphatic carbocycles. The maximum absolute atomic E-state index is 11.3. The van der Waals surface area contributed by atoms with E-state index in [0.29, 0.717) is 25.5 Å². The van der Waals surface area contributed by atoms with E-state index in [1.165, 1.54) is 0 Å². The highest BCUT2D eigenvalue weighted by Crippen LogP contribution is 2.19. The van der Waals surface area contributed by atoms with E-state index in [1.807, 2.05) is 6.07 Å². The molecule has 8 heteroatoms. The minimum absolute atomic E-state index is 0.0299. The number of pyridine rings is 1. The predicted octanol–water partition coefficient (Wildman–Crippen LogP) is 2.45. The van der Waals surface area contributed by atoms with E-state index >= 15 is 0 Å². The Labute approximate surface area is 149 Å². The van der Waals surface area contributed by atoms with Gasteiger partial charge in [0.1, 0.15) is 6.79 Å². The number of aromatic carboxylic acids is 1. The van der Waals surface area contributed by atoms with Crippen molar-refractivity contribution < 1.29 is 24.1 Å². The fourth-order valence-electron chi connectivity index (χ4n) is 2.40. The molecule has 7 nitrogen and oxygen atoms in total. The second-order valence-electron chi connectivity index (χ2n) is 7.29. The number of ether oxygens (including phenoxy) is 3. The Morgan fingerprint density at radius 3 is 2.64 bits per heavy atom. The summed E-state index contributed by atoms with van der Waals surface area (Å²) in [4.78, 5) is 17.6. The number of hydrogen-bond acceptors (Lipinski definition) is 6. The number of aromatic nitrogens is 1. The Morgan fingerprint density at radius 2 is 2.00 bits per heavy atom. The predicted molar refractivity (Wildman–Crippen MR) is 98.0 cm³/mol. The molecule has 0 aromatic carbocycles. The molecule has 0 spiro atoms. The topological polar surface area (TPSA) is 81.1 Å². The van der Waals surface area contributed by atoms with Gasteiger partial charge in [-0.2, -0.15) is 0 Å². The Bertz CT molecular complexity index is 571. The Balaban J connectivity index is 1.90. The minimum Gasteiger partial charge on any atom is -0.477 e. The van der Waals surface area contributed by atoms with Crippen LogP contribution in [0.1, 0.15) is 16.2 Å². The molecule has 1 aromatic rings. The fraction of sp³-hybridized carbons (Fsp3) is 0.647. The highest BCUT2D eigenvalue weighted by Gasteiger charge is 2.16. The third kappa shape index (κ3) is 7.11. The van der Waals surface area contributed by atoms with Gasteiger partial charge in [0.2, 0.25) is 0 Å². The van der Waals surface area contributed by atoms with Gasteiger partial charge in [0.25, 0.3) is 0 Å². The minimum atomic E-state index is -1.10. The summed E-state index contributed by atoms with van der Waals surface area (Å²) < 4.78 is 16.3. The molecule has 1 fully saturated rings. The average Bonchev–Trinajstić information content (AvgIpc) is 2.57. The van der Waals surface area contributed by atoms with E-state index in [4.69, 9.17) is 14.2 Å². The van der Waals surface area contributed by atoms with Gasteiger partial charge in [-0.3, -0.25) is 0 Å². The molecular formula is C17H28N2O5Si. The number of anilines is 1. The second-order valence-corrected chi connectivity index (χ2v) is 12.9. The first-order valence-corrected chi connectivity index (χ1v) is 12.3. The third-order valence-electron chi connectivity index (χ3n) is 3.87. The first-order valence-electron chi connectivity index (χ1n) is 8.57. The molecule has 0 bridgehead atoms. The summed E-state index contributed by atoms with van der Waals surface area (Å²) in [5.74, 6) is -1.04.